The van der Waals surface area contributed by atoms with Crippen LogP contribution >= 0.6 is 0 Å². The zero-order valence-corrected chi connectivity index (χ0v) is 16.2. The molecule has 0 aliphatic rings. The second kappa shape index (κ2) is 7.20. The molecule has 9 nitrogen and oxygen atoms in total. The number of hydrogen-bond donors (Lipinski definition) is 4. The molecular weight excluding hydrogens is 417 g/mol. The molecule has 5 rings (SSSR count). The molecule has 0 saturated carbocycles. The van der Waals surface area contributed by atoms with Crippen LogP contribution in [0.25, 0.3) is 33.5 Å². The molecule has 2 heterocycles. The van der Waals surface area contributed by atoms with Gasteiger partial charge < -0.3 is 20.7 Å². The van der Waals surface area contributed by atoms with Crippen LogP contribution < -0.4 is 21.4 Å². The van der Waals surface area contributed by atoms with E-state index in [1.165, 1.54) is 28.8 Å². The second-order valence-electron chi connectivity index (χ2n) is 7.04. The van der Waals surface area contributed by atoms with Gasteiger partial charge in [0, 0.05) is 40.4 Å². The summed E-state index contributed by atoms with van der Waals surface area (Å²) in [5, 5.41) is 16.1. The van der Waals surface area contributed by atoms with E-state index in [9.17, 15) is 23.9 Å². The Bertz CT molecular complexity index is 1670. The van der Waals surface area contributed by atoms with Crippen molar-refractivity contribution in [1.82, 2.24) is 14.4 Å². The highest BCUT2D eigenvalue weighted by Gasteiger charge is 2.16. The fourth-order valence-corrected chi connectivity index (χ4v) is 3.78. The standard InChI is InChI=1S/C22H14FN5O4/c23-11-2-1-3-12(8-11)25-22(32)26-13-4-5-14-15(9-13)16(10-17(29)30)19-18(14)27-21(31)20-24-6-7-28(19)20/h1-10H,(H,27,31)(H,29,30)(H2,25,26,32)/b16-10+. The highest BCUT2D eigenvalue weighted by Crippen LogP contribution is 2.25. The summed E-state index contributed by atoms with van der Waals surface area (Å²) in [6, 6.07) is 9.76. The SMILES string of the molecule is O=C(O)/C=c1\c2cc(NC(=O)Nc3cccc(F)c3)ccc2c2[nH]c(=O)c3nccn3c12. The molecule has 0 aliphatic heterocycles. The molecule has 0 saturated heterocycles. The first kappa shape index (κ1) is 19.2. The van der Waals surface area contributed by atoms with Gasteiger partial charge >= 0.3 is 12.0 Å². The Hall–Kier alpha value is -4.73. The van der Waals surface area contributed by atoms with Crippen molar-refractivity contribution in [2.24, 2.45) is 0 Å². The van der Waals surface area contributed by atoms with Crippen molar-refractivity contribution in [3.63, 3.8) is 0 Å². The number of aromatic nitrogens is 3. The van der Waals surface area contributed by atoms with Gasteiger partial charge in [0.05, 0.1) is 11.0 Å². The van der Waals surface area contributed by atoms with Crippen molar-refractivity contribution in [3.8, 4) is 0 Å². The Morgan fingerprint density at radius 1 is 1.09 bits per heavy atom. The van der Waals surface area contributed by atoms with Gasteiger partial charge in [-0.2, -0.15) is 0 Å². The van der Waals surface area contributed by atoms with Gasteiger partial charge in [-0.05, 0) is 35.7 Å². The number of aliphatic carboxylic acids is 1. The van der Waals surface area contributed by atoms with Gasteiger partial charge in [-0.1, -0.05) is 12.1 Å². The summed E-state index contributed by atoms with van der Waals surface area (Å²) in [6.07, 6.45) is 4.07. The number of urea groups is 1. The lowest BCUT2D eigenvalue weighted by molar-refractivity contribution is -0.129. The highest BCUT2D eigenvalue weighted by atomic mass is 19.1. The number of anilines is 2. The van der Waals surface area contributed by atoms with E-state index in [1.54, 1.807) is 30.5 Å². The molecule has 5 aromatic rings. The zero-order chi connectivity index (χ0) is 22.4. The van der Waals surface area contributed by atoms with E-state index in [1.807, 2.05) is 0 Å². The number of H-pyrrole nitrogens is 1. The number of carbonyl (C=O) groups excluding carboxylic acids is 1. The number of hydrogen-bond acceptors (Lipinski definition) is 4. The maximum atomic E-state index is 13.3. The Morgan fingerprint density at radius 2 is 1.88 bits per heavy atom. The molecule has 0 atom stereocenters. The van der Waals surface area contributed by atoms with Crippen molar-refractivity contribution >= 4 is 56.9 Å². The summed E-state index contributed by atoms with van der Waals surface area (Å²) in [5.74, 6) is -1.65. The van der Waals surface area contributed by atoms with E-state index in [0.717, 1.165) is 6.08 Å². The van der Waals surface area contributed by atoms with Crippen LogP contribution in [0.4, 0.5) is 20.6 Å². The monoisotopic (exact) mass is 431 g/mol. The maximum absolute atomic E-state index is 13.3. The first-order valence-electron chi connectivity index (χ1n) is 9.43. The third-order valence-electron chi connectivity index (χ3n) is 5.00. The second-order valence-corrected chi connectivity index (χ2v) is 7.04. The summed E-state index contributed by atoms with van der Waals surface area (Å²) in [4.78, 5) is 43.0. The maximum Gasteiger partial charge on any atom is 0.329 e. The van der Waals surface area contributed by atoms with Crippen molar-refractivity contribution in [2.45, 2.75) is 0 Å². The lowest BCUT2D eigenvalue weighted by Crippen LogP contribution is -2.19. The average molecular weight is 431 g/mol. The minimum atomic E-state index is -1.17. The van der Waals surface area contributed by atoms with Crippen LogP contribution in [0.1, 0.15) is 0 Å². The Morgan fingerprint density at radius 3 is 2.62 bits per heavy atom. The summed E-state index contributed by atoms with van der Waals surface area (Å²) in [6.45, 7) is 0. The number of nitrogens with zero attached hydrogens (tertiary/aromatic N) is 2. The van der Waals surface area contributed by atoms with Gasteiger partial charge in [-0.3, -0.25) is 9.20 Å². The fraction of sp³-hybridized carbons (Fsp3) is 0. The number of benzene rings is 2. The molecule has 0 aliphatic carbocycles. The van der Waals surface area contributed by atoms with Crippen LogP contribution in [0.3, 0.4) is 0 Å². The number of rotatable bonds is 3. The van der Waals surface area contributed by atoms with Gasteiger partial charge in [0.1, 0.15) is 5.82 Å². The van der Waals surface area contributed by atoms with E-state index in [2.05, 4.69) is 20.6 Å². The van der Waals surface area contributed by atoms with Gasteiger partial charge in [0.25, 0.3) is 5.56 Å². The van der Waals surface area contributed by atoms with Crippen molar-refractivity contribution in [1.29, 1.82) is 0 Å². The summed E-state index contributed by atoms with van der Waals surface area (Å²) in [7, 11) is 0. The number of carboxylic acids is 1. The van der Waals surface area contributed by atoms with E-state index in [-0.39, 0.29) is 11.3 Å². The zero-order valence-electron chi connectivity index (χ0n) is 16.2. The van der Waals surface area contributed by atoms with E-state index in [4.69, 9.17) is 0 Å². The number of halogens is 1. The van der Waals surface area contributed by atoms with Crippen LogP contribution in [0.5, 0.6) is 0 Å². The van der Waals surface area contributed by atoms with E-state index in [0.29, 0.717) is 32.7 Å². The van der Waals surface area contributed by atoms with Crippen LogP contribution in [0, 0.1) is 5.82 Å². The number of imidazole rings is 1. The fourth-order valence-electron chi connectivity index (χ4n) is 3.78. The smallest absolute Gasteiger partial charge is 0.329 e. The quantitative estimate of drug-likeness (QED) is 0.349. The Kier molecular flexibility index (Phi) is 4.33. The number of aromatic amines is 1. The number of carbonyl (C=O) groups is 2. The first-order valence-corrected chi connectivity index (χ1v) is 9.43. The lowest BCUT2D eigenvalue weighted by Gasteiger charge is -2.08. The molecule has 0 spiro atoms. The van der Waals surface area contributed by atoms with Crippen molar-refractivity contribution in [3.05, 3.63) is 76.2 Å². The summed E-state index contributed by atoms with van der Waals surface area (Å²) >= 11 is 0. The van der Waals surface area contributed by atoms with Gasteiger partial charge in [-0.15, -0.1) is 0 Å². The Labute approximate surface area is 177 Å². The predicted molar refractivity (Wildman–Crippen MR) is 117 cm³/mol. The summed E-state index contributed by atoms with van der Waals surface area (Å²) < 4.78 is 14.9. The highest BCUT2D eigenvalue weighted by molar-refractivity contribution is 6.14. The van der Waals surface area contributed by atoms with Crippen molar-refractivity contribution < 1.29 is 19.1 Å². The van der Waals surface area contributed by atoms with Gasteiger partial charge in [0.2, 0.25) is 5.65 Å². The molecule has 4 N–H and O–H groups in total. The molecule has 2 amide bonds. The number of carboxylic acid groups (broad SMARTS) is 1. The molecule has 3 aromatic carbocycles. The molecular formula is C22H14FN5O4. The van der Waals surface area contributed by atoms with Crippen LogP contribution in [-0.4, -0.2) is 31.5 Å². The Balaban J connectivity index is 1.64. The van der Waals surface area contributed by atoms with Crippen molar-refractivity contribution in [2.75, 3.05) is 10.6 Å². The largest absolute Gasteiger partial charge is 0.478 e. The average Bonchev–Trinajstić information content (AvgIpc) is 3.32. The molecule has 2 aromatic heterocycles. The predicted octanol–water partition coefficient (Wildman–Crippen LogP) is 2.70. The molecule has 10 heteroatoms. The van der Waals surface area contributed by atoms with Gasteiger partial charge in [-0.25, -0.2) is 19.0 Å². The lowest BCUT2D eigenvalue weighted by atomic mass is 10.2. The summed E-state index contributed by atoms with van der Waals surface area (Å²) in [5.41, 5.74) is 1.33. The minimum Gasteiger partial charge on any atom is -0.478 e. The normalized spacial score (nSPS) is 12.0. The minimum absolute atomic E-state index is 0.140. The number of fused-ring (bicyclic) bond motifs is 5. The number of amides is 2. The molecule has 0 radical (unpaired) electrons. The molecule has 32 heavy (non-hydrogen) atoms. The number of nitrogens with one attached hydrogen (secondary N) is 3. The third kappa shape index (κ3) is 3.19. The third-order valence-corrected chi connectivity index (χ3v) is 5.00. The molecule has 0 unspecified atom stereocenters. The van der Waals surface area contributed by atoms with Crippen LogP contribution in [0.2, 0.25) is 0 Å². The van der Waals surface area contributed by atoms with Crippen LogP contribution in [-0.2, 0) is 4.79 Å². The van der Waals surface area contributed by atoms with E-state index < -0.39 is 23.4 Å². The van der Waals surface area contributed by atoms with Crippen LogP contribution in [0.15, 0.2) is 59.7 Å². The molecule has 0 fully saturated rings. The topological polar surface area (TPSA) is 129 Å². The first-order chi connectivity index (χ1) is 15.4. The molecule has 0 bridgehead atoms. The molecule has 158 valence electrons. The van der Waals surface area contributed by atoms with E-state index >= 15 is 0 Å². The van der Waals surface area contributed by atoms with Gasteiger partial charge in [0.15, 0.2) is 0 Å².